The topological polar surface area (TPSA) is 21.7 Å². The molecule has 1 aromatic carbocycles. The lowest BCUT2D eigenvalue weighted by atomic mass is 10.1. The summed E-state index contributed by atoms with van der Waals surface area (Å²) >= 11 is 3.43. The molecule has 0 amide bonds. The summed E-state index contributed by atoms with van der Waals surface area (Å²) in [6.07, 6.45) is 0. The molecule has 0 spiro atoms. The van der Waals surface area contributed by atoms with Crippen LogP contribution in [0.25, 0.3) is 0 Å². The van der Waals surface area contributed by atoms with Gasteiger partial charge in [0.2, 0.25) is 0 Å². The highest BCUT2D eigenvalue weighted by Gasteiger charge is 2.11. The van der Waals surface area contributed by atoms with Crippen molar-refractivity contribution in [1.29, 1.82) is 0 Å². The third-order valence-corrected chi connectivity index (χ3v) is 3.35. The van der Waals surface area contributed by atoms with E-state index in [4.69, 9.17) is 9.47 Å². The molecular formula is C12H18BrNO2. The van der Waals surface area contributed by atoms with E-state index in [1.54, 1.807) is 14.2 Å². The molecule has 0 aromatic heterocycles. The Labute approximate surface area is 105 Å². The Bertz CT molecular complexity index is 355. The van der Waals surface area contributed by atoms with Crippen molar-refractivity contribution in [2.45, 2.75) is 13.5 Å². The zero-order valence-electron chi connectivity index (χ0n) is 10.2. The van der Waals surface area contributed by atoms with Gasteiger partial charge < -0.3 is 9.47 Å². The zero-order valence-corrected chi connectivity index (χ0v) is 11.8. The first-order valence-electron chi connectivity index (χ1n) is 5.08. The molecule has 0 N–H and O–H groups in total. The van der Waals surface area contributed by atoms with E-state index in [0.717, 1.165) is 23.5 Å². The third kappa shape index (κ3) is 3.12. The van der Waals surface area contributed by atoms with E-state index >= 15 is 0 Å². The van der Waals surface area contributed by atoms with Crippen LogP contribution in [0.2, 0.25) is 0 Å². The van der Waals surface area contributed by atoms with Crippen molar-refractivity contribution >= 4 is 15.9 Å². The number of rotatable bonds is 5. The van der Waals surface area contributed by atoms with E-state index in [0.29, 0.717) is 0 Å². The molecule has 0 unspecified atom stereocenters. The van der Waals surface area contributed by atoms with Crippen LogP contribution in [0.4, 0.5) is 0 Å². The lowest BCUT2D eigenvalue weighted by Gasteiger charge is -2.18. The van der Waals surface area contributed by atoms with Gasteiger partial charge in [-0.2, -0.15) is 0 Å². The molecule has 1 rings (SSSR count). The van der Waals surface area contributed by atoms with Gasteiger partial charge in [-0.1, -0.05) is 15.9 Å². The second kappa shape index (κ2) is 6.11. The first-order valence-corrected chi connectivity index (χ1v) is 6.20. The SMILES string of the molecule is COc1cc(C)c(CN(C)CBr)c(OC)c1. The normalized spacial score (nSPS) is 10.6. The summed E-state index contributed by atoms with van der Waals surface area (Å²) in [6, 6.07) is 3.95. The van der Waals surface area contributed by atoms with Crippen molar-refractivity contribution < 1.29 is 9.47 Å². The molecule has 0 saturated heterocycles. The lowest BCUT2D eigenvalue weighted by Crippen LogP contribution is -2.16. The minimum Gasteiger partial charge on any atom is -0.497 e. The zero-order chi connectivity index (χ0) is 12.1. The van der Waals surface area contributed by atoms with Gasteiger partial charge in [-0.3, -0.25) is 4.90 Å². The standard InChI is InChI=1S/C12H18BrNO2/c1-9-5-10(15-3)6-12(16-4)11(9)7-14(2)8-13/h5-6H,7-8H2,1-4H3. The number of aryl methyl sites for hydroxylation is 1. The van der Waals surface area contributed by atoms with E-state index in [1.165, 1.54) is 11.1 Å². The number of halogens is 1. The second-order valence-electron chi connectivity index (χ2n) is 3.76. The van der Waals surface area contributed by atoms with Crippen LogP contribution in [0.5, 0.6) is 11.5 Å². The van der Waals surface area contributed by atoms with Gasteiger partial charge in [0.25, 0.3) is 0 Å². The summed E-state index contributed by atoms with van der Waals surface area (Å²) in [4.78, 5) is 2.16. The Balaban J connectivity index is 3.06. The third-order valence-electron chi connectivity index (χ3n) is 2.49. The molecule has 1 aromatic rings. The van der Waals surface area contributed by atoms with E-state index < -0.39 is 0 Å². The number of hydrogen-bond acceptors (Lipinski definition) is 3. The molecule has 0 aliphatic heterocycles. The second-order valence-corrected chi connectivity index (χ2v) is 4.26. The van der Waals surface area contributed by atoms with Crippen LogP contribution in [-0.2, 0) is 6.54 Å². The van der Waals surface area contributed by atoms with Crippen LogP contribution in [0, 0.1) is 6.92 Å². The fourth-order valence-electron chi connectivity index (χ4n) is 1.57. The van der Waals surface area contributed by atoms with Gasteiger partial charge in [0, 0.05) is 18.2 Å². The van der Waals surface area contributed by atoms with Gasteiger partial charge in [-0.05, 0) is 25.6 Å². The average molecular weight is 288 g/mol. The number of ether oxygens (including phenoxy) is 2. The van der Waals surface area contributed by atoms with Gasteiger partial charge in [-0.15, -0.1) is 0 Å². The molecule has 16 heavy (non-hydrogen) atoms. The van der Waals surface area contributed by atoms with E-state index in [-0.39, 0.29) is 0 Å². The van der Waals surface area contributed by atoms with Gasteiger partial charge in [0.15, 0.2) is 0 Å². The number of alkyl halides is 1. The minimum absolute atomic E-state index is 0.833. The summed E-state index contributed by atoms with van der Waals surface area (Å²) < 4.78 is 10.6. The Morgan fingerprint density at radius 3 is 2.44 bits per heavy atom. The molecule has 0 radical (unpaired) electrons. The Morgan fingerprint density at radius 1 is 1.25 bits per heavy atom. The van der Waals surface area contributed by atoms with Crippen molar-refractivity contribution in [3.8, 4) is 11.5 Å². The fourth-order valence-corrected chi connectivity index (χ4v) is 1.74. The average Bonchev–Trinajstić information content (AvgIpc) is 2.30. The summed E-state index contributed by atoms with van der Waals surface area (Å²) in [5, 5.41) is 0. The van der Waals surface area contributed by atoms with Crippen LogP contribution in [0.15, 0.2) is 12.1 Å². The number of methoxy groups -OCH3 is 2. The first kappa shape index (κ1) is 13.3. The van der Waals surface area contributed by atoms with Crippen molar-refractivity contribution in [2.75, 3.05) is 26.7 Å². The molecule has 3 nitrogen and oxygen atoms in total. The van der Waals surface area contributed by atoms with Gasteiger partial charge in [0.05, 0.1) is 19.7 Å². The molecule has 0 bridgehead atoms. The molecule has 90 valence electrons. The quantitative estimate of drug-likeness (QED) is 0.614. The van der Waals surface area contributed by atoms with Crippen molar-refractivity contribution in [3.63, 3.8) is 0 Å². The maximum absolute atomic E-state index is 5.39. The molecule has 0 aliphatic carbocycles. The molecule has 4 heteroatoms. The van der Waals surface area contributed by atoms with Crippen LogP contribution < -0.4 is 9.47 Å². The highest BCUT2D eigenvalue weighted by atomic mass is 79.9. The highest BCUT2D eigenvalue weighted by molar-refractivity contribution is 9.09. The first-order chi connectivity index (χ1) is 7.62. The van der Waals surface area contributed by atoms with E-state index in [1.807, 2.05) is 12.1 Å². The Morgan fingerprint density at radius 2 is 1.94 bits per heavy atom. The summed E-state index contributed by atoms with van der Waals surface area (Å²) in [5.41, 5.74) is 3.22. The Hall–Kier alpha value is -0.740. The summed E-state index contributed by atoms with van der Waals surface area (Å²) in [5.74, 6) is 1.71. The predicted molar refractivity (Wildman–Crippen MR) is 69.5 cm³/mol. The van der Waals surface area contributed by atoms with Crippen molar-refractivity contribution in [2.24, 2.45) is 0 Å². The minimum atomic E-state index is 0.833. The molecule has 0 aliphatic rings. The van der Waals surface area contributed by atoms with E-state index in [9.17, 15) is 0 Å². The largest absolute Gasteiger partial charge is 0.497 e. The van der Waals surface area contributed by atoms with Crippen molar-refractivity contribution in [3.05, 3.63) is 23.3 Å². The van der Waals surface area contributed by atoms with Crippen molar-refractivity contribution in [1.82, 2.24) is 4.90 Å². The molecule has 0 heterocycles. The maximum atomic E-state index is 5.39. The predicted octanol–water partition coefficient (Wildman–Crippen LogP) is 2.80. The summed E-state index contributed by atoms with van der Waals surface area (Å²) in [6.45, 7) is 2.92. The van der Waals surface area contributed by atoms with Gasteiger partial charge in [-0.25, -0.2) is 0 Å². The number of nitrogens with zero attached hydrogens (tertiary/aromatic N) is 1. The lowest BCUT2D eigenvalue weighted by molar-refractivity contribution is 0.358. The fraction of sp³-hybridized carbons (Fsp3) is 0.500. The summed E-state index contributed by atoms with van der Waals surface area (Å²) in [7, 11) is 5.40. The van der Waals surface area contributed by atoms with Crippen LogP contribution in [0.3, 0.4) is 0 Å². The maximum Gasteiger partial charge on any atom is 0.127 e. The van der Waals surface area contributed by atoms with Gasteiger partial charge >= 0.3 is 0 Å². The van der Waals surface area contributed by atoms with Gasteiger partial charge in [0.1, 0.15) is 11.5 Å². The molecular weight excluding hydrogens is 270 g/mol. The smallest absolute Gasteiger partial charge is 0.127 e. The van der Waals surface area contributed by atoms with Crippen LogP contribution >= 0.6 is 15.9 Å². The monoisotopic (exact) mass is 287 g/mol. The number of benzene rings is 1. The molecule has 0 atom stereocenters. The molecule has 0 saturated carbocycles. The molecule has 0 fully saturated rings. The van der Waals surface area contributed by atoms with Crippen LogP contribution in [0.1, 0.15) is 11.1 Å². The Kier molecular flexibility index (Phi) is 5.09. The van der Waals surface area contributed by atoms with Crippen LogP contribution in [-0.4, -0.2) is 31.6 Å². The highest BCUT2D eigenvalue weighted by Crippen LogP contribution is 2.29. The number of hydrogen-bond donors (Lipinski definition) is 0. The van der Waals surface area contributed by atoms with E-state index in [2.05, 4.69) is 34.8 Å².